The fourth-order valence-electron chi connectivity index (χ4n) is 1.89. The summed E-state index contributed by atoms with van der Waals surface area (Å²) in [4.78, 5) is 15.8. The minimum absolute atomic E-state index is 0.218. The van der Waals surface area contributed by atoms with E-state index in [0.717, 1.165) is 10.7 Å². The molecule has 2 unspecified atom stereocenters. The molecular weight excluding hydrogens is 286 g/mol. The van der Waals surface area contributed by atoms with Gasteiger partial charge in [-0.3, -0.25) is 4.79 Å². The summed E-state index contributed by atoms with van der Waals surface area (Å²) in [5, 5.41) is 4.29. The van der Waals surface area contributed by atoms with Crippen LogP contribution >= 0.6 is 34.9 Å². The van der Waals surface area contributed by atoms with Crippen LogP contribution < -0.4 is 0 Å². The molecule has 1 saturated heterocycles. The molecule has 2 atom stereocenters. The Morgan fingerprint density at radius 3 is 3.00 bits per heavy atom. The van der Waals surface area contributed by atoms with Gasteiger partial charge in [0.25, 0.3) is 0 Å². The van der Waals surface area contributed by atoms with Crippen molar-refractivity contribution in [2.75, 3.05) is 18.6 Å². The second-order valence-corrected chi connectivity index (χ2v) is 7.53. The van der Waals surface area contributed by atoms with E-state index in [9.17, 15) is 4.79 Å². The highest BCUT2D eigenvalue weighted by molar-refractivity contribution is 8.06. The van der Waals surface area contributed by atoms with Gasteiger partial charge in [-0.15, -0.1) is 23.1 Å². The molecule has 0 bridgehead atoms. The van der Waals surface area contributed by atoms with Crippen LogP contribution in [-0.2, 0) is 16.0 Å². The van der Waals surface area contributed by atoms with E-state index in [1.54, 1.807) is 11.3 Å². The van der Waals surface area contributed by atoms with Crippen molar-refractivity contribution in [2.24, 2.45) is 0 Å². The third-order valence-corrected chi connectivity index (χ3v) is 7.20. The number of hydrogen-bond donors (Lipinski definition) is 0. The van der Waals surface area contributed by atoms with Crippen molar-refractivity contribution < 1.29 is 9.53 Å². The van der Waals surface area contributed by atoms with Gasteiger partial charge in [0.15, 0.2) is 0 Å². The quantitative estimate of drug-likeness (QED) is 0.799. The van der Waals surface area contributed by atoms with Gasteiger partial charge in [0.2, 0.25) is 0 Å². The number of methoxy groups -OCH3 is 1. The first-order chi connectivity index (χ1) is 8.74. The van der Waals surface area contributed by atoms with Crippen LogP contribution in [0.3, 0.4) is 0 Å². The Morgan fingerprint density at radius 1 is 1.50 bits per heavy atom. The zero-order valence-electron chi connectivity index (χ0n) is 10.5. The van der Waals surface area contributed by atoms with Crippen molar-refractivity contribution in [1.82, 2.24) is 4.98 Å². The molecule has 3 nitrogen and oxygen atoms in total. The molecule has 0 saturated carbocycles. The highest BCUT2D eigenvalue weighted by Crippen LogP contribution is 2.44. The van der Waals surface area contributed by atoms with E-state index >= 15 is 0 Å². The molecule has 0 aromatic carbocycles. The fourth-order valence-corrected chi connectivity index (χ4v) is 6.14. The molecule has 0 spiro atoms. The highest BCUT2D eigenvalue weighted by Gasteiger charge is 2.28. The average Bonchev–Trinajstić information content (AvgIpc) is 2.86. The molecule has 1 fully saturated rings. The number of aromatic nitrogens is 1. The van der Waals surface area contributed by atoms with Crippen molar-refractivity contribution in [1.29, 1.82) is 0 Å². The molecule has 1 aromatic rings. The van der Waals surface area contributed by atoms with Crippen LogP contribution in [0, 0.1) is 0 Å². The van der Waals surface area contributed by atoms with Crippen LogP contribution in [0.15, 0.2) is 5.38 Å². The van der Waals surface area contributed by atoms with Gasteiger partial charge in [-0.1, -0.05) is 6.92 Å². The standard InChI is InChI=1S/C12H17NO2S3/c1-3-9-11(17-5-4-16-9)12-13-8(7-18-12)6-10(14)15-2/h7,9,11H,3-6H2,1-2H3. The Hall–Kier alpha value is -0.200. The maximum atomic E-state index is 11.2. The van der Waals surface area contributed by atoms with E-state index in [2.05, 4.69) is 16.6 Å². The number of hydrogen-bond acceptors (Lipinski definition) is 6. The van der Waals surface area contributed by atoms with Crippen LogP contribution in [-0.4, -0.2) is 34.8 Å². The van der Waals surface area contributed by atoms with E-state index in [0.29, 0.717) is 10.5 Å². The molecule has 6 heteroatoms. The maximum Gasteiger partial charge on any atom is 0.311 e. The number of carbonyl (C=O) groups is 1. The number of thioether (sulfide) groups is 2. The maximum absolute atomic E-state index is 11.2. The number of ether oxygens (including phenoxy) is 1. The van der Waals surface area contributed by atoms with Crippen LogP contribution in [0.2, 0.25) is 0 Å². The SMILES string of the molecule is CCC1SCCSC1c1nc(CC(=O)OC)cs1. The monoisotopic (exact) mass is 303 g/mol. The third kappa shape index (κ3) is 3.42. The summed E-state index contributed by atoms with van der Waals surface area (Å²) in [6.07, 6.45) is 1.46. The lowest BCUT2D eigenvalue weighted by molar-refractivity contribution is -0.139. The zero-order chi connectivity index (χ0) is 13.0. The van der Waals surface area contributed by atoms with Gasteiger partial charge in [0.05, 0.1) is 24.5 Å². The Kier molecular flexibility index (Phi) is 5.38. The fraction of sp³-hybridized carbons (Fsp3) is 0.667. The first-order valence-electron chi connectivity index (χ1n) is 5.99. The van der Waals surface area contributed by atoms with Gasteiger partial charge in [-0.05, 0) is 6.42 Å². The van der Waals surface area contributed by atoms with E-state index < -0.39 is 0 Å². The molecule has 0 N–H and O–H groups in total. The minimum Gasteiger partial charge on any atom is -0.469 e. The number of carbonyl (C=O) groups excluding carboxylic acids is 1. The molecule has 100 valence electrons. The van der Waals surface area contributed by atoms with Crippen molar-refractivity contribution in [2.45, 2.75) is 30.3 Å². The Labute approximate surface area is 120 Å². The van der Waals surface area contributed by atoms with Crippen LogP contribution in [0.25, 0.3) is 0 Å². The topological polar surface area (TPSA) is 39.2 Å². The van der Waals surface area contributed by atoms with Crippen LogP contribution in [0.1, 0.15) is 29.3 Å². The van der Waals surface area contributed by atoms with Gasteiger partial charge in [0, 0.05) is 22.1 Å². The van der Waals surface area contributed by atoms with Crippen molar-refractivity contribution in [3.63, 3.8) is 0 Å². The second-order valence-electron chi connectivity index (χ2n) is 4.04. The number of rotatable bonds is 4. The lowest BCUT2D eigenvalue weighted by Gasteiger charge is -2.28. The van der Waals surface area contributed by atoms with Gasteiger partial charge >= 0.3 is 5.97 Å². The molecule has 1 aromatic heterocycles. The molecule has 1 aliphatic heterocycles. The lowest BCUT2D eigenvalue weighted by atomic mass is 10.2. The molecule has 18 heavy (non-hydrogen) atoms. The second kappa shape index (κ2) is 6.82. The van der Waals surface area contributed by atoms with E-state index in [-0.39, 0.29) is 12.4 Å². The van der Waals surface area contributed by atoms with Gasteiger partial charge in [0.1, 0.15) is 5.01 Å². The zero-order valence-corrected chi connectivity index (χ0v) is 13.0. The number of thiazole rings is 1. The molecule has 2 rings (SSSR count). The summed E-state index contributed by atoms with van der Waals surface area (Å²) in [5.74, 6) is 2.21. The highest BCUT2D eigenvalue weighted by atomic mass is 32.2. The number of esters is 1. The average molecular weight is 303 g/mol. The molecule has 0 aliphatic carbocycles. The predicted molar refractivity (Wildman–Crippen MR) is 79.6 cm³/mol. The normalized spacial score (nSPS) is 23.9. The summed E-state index contributed by atoms with van der Waals surface area (Å²) in [5.41, 5.74) is 0.841. The number of nitrogens with zero attached hydrogens (tertiary/aromatic N) is 1. The Balaban J connectivity index is 2.06. The Morgan fingerprint density at radius 2 is 2.28 bits per heavy atom. The first kappa shape index (κ1) is 14.2. The predicted octanol–water partition coefficient (Wildman–Crippen LogP) is 3.16. The van der Waals surface area contributed by atoms with Gasteiger partial charge in [-0.2, -0.15) is 11.8 Å². The van der Waals surface area contributed by atoms with Crippen LogP contribution in [0.4, 0.5) is 0 Å². The Bertz CT molecular complexity index is 408. The van der Waals surface area contributed by atoms with E-state index in [1.807, 2.05) is 28.9 Å². The molecule has 0 radical (unpaired) electrons. The minimum atomic E-state index is -0.218. The van der Waals surface area contributed by atoms with E-state index in [1.165, 1.54) is 25.0 Å². The summed E-state index contributed by atoms with van der Waals surface area (Å²) < 4.78 is 4.67. The van der Waals surface area contributed by atoms with Gasteiger partial charge in [-0.25, -0.2) is 4.98 Å². The molecule has 2 heterocycles. The van der Waals surface area contributed by atoms with Gasteiger partial charge < -0.3 is 4.74 Å². The summed E-state index contributed by atoms with van der Waals surface area (Å²) in [6, 6.07) is 0. The summed E-state index contributed by atoms with van der Waals surface area (Å²) in [7, 11) is 1.41. The lowest BCUT2D eigenvalue weighted by Crippen LogP contribution is -2.18. The van der Waals surface area contributed by atoms with Crippen molar-refractivity contribution in [3.05, 3.63) is 16.1 Å². The first-order valence-corrected chi connectivity index (χ1v) is 8.96. The molecular formula is C12H17NO2S3. The molecule has 0 amide bonds. The smallest absolute Gasteiger partial charge is 0.311 e. The summed E-state index contributed by atoms with van der Waals surface area (Å²) >= 11 is 5.72. The van der Waals surface area contributed by atoms with Crippen molar-refractivity contribution in [3.8, 4) is 0 Å². The van der Waals surface area contributed by atoms with Crippen molar-refractivity contribution >= 4 is 40.8 Å². The largest absolute Gasteiger partial charge is 0.469 e. The van der Waals surface area contributed by atoms with Crippen LogP contribution in [0.5, 0.6) is 0 Å². The third-order valence-electron chi connectivity index (χ3n) is 2.82. The molecule has 1 aliphatic rings. The summed E-state index contributed by atoms with van der Waals surface area (Å²) in [6.45, 7) is 2.24. The van der Waals surface area contributed by atoms with E-state index in [4.69, 9.17) is 0 Å².